The fourth-order valence-corrected chi connectivity index (χ4v) is 6.27. The molecule has 3 nitrogen and oxygen atoms in total. The third-order valence-corrected chi connectivity index (χ3v) is 7.42. The van der Waals surface area contributed by atoms with Crippen molar-refractivity contribution in [2.45, 2.75) is 17.7 Å². The number of amides is 2. The molecule has 0 saturated carbocycles. The highest BCUT2D eigenvalue weighted by Crippen LogP contribution is 2.65. The fourth-order valence-electron chi connectivity index (χ4n) is 5.70. The van der Waals surface area contributed by atoms with Crippen LogP contribution in [-0.4, -0.2) is 11.8 Å². The molecule has 2 atom stereocenters. The first-order valence-corrected chi connectivity index (χ1v) is 10.2. The molecule has 4 aliphatic rings. The molecule has 3 aliphatic carbocycles. The number of hydrogen-bond acceptors (Lipinski definition) is 2. The number of rotatable bonds is 1. The Hall–Kier alpha value is -2.91. The molecular weight excluding hydrogens is 382 g/mol. The molecule has 2 amide bonds. The molecule has 142 valence electrons. The Bertz CT molecular complexity index is 1170. The SMILES string of the molecule is Cc1cccc(N2C(=O)[C@@H]3[C@@H](C2=O)C2c4ccccc4C3(Cl)c3ccccc32)c1. The lowest BCUT2D eigenvalue weighted by Crippen LogP contribution is -2.50. The molecule has 1 fully saturated rings. The number of anilines is 1. The van der Waals surface area contributed by atoms with Crippen LogP contribution in [0.5, 0.6) is 0 Å². The molecule has 4 heteroatoms. The molecule has 3 aromatic carbocycles. The first-order valence-electron chi connectivity index (χ1n) is 9.85. The molecule has 7 rings (SSSR count). The summed E-state index contributed by atoms with van der Waals surface area (Å²) in [6.45, 7) is 1.96. The van der Waals surface area contributed by atoms with Crippen molar-refractivity contribution < 1.29 is 9.59 Å². The van der Waals surface area contributed by atoms with E-state index in [0.29, 0.717) is 5.69 Å². The van der Waals surface area contributed by atoms with E-state index >= 15 is 0 Å². The van der Waals surface area contributed by atoms with Crippen LogP contribution in [0.25, 0.3) is 0 Å². The van der Waals surface area contributed by atoms with E-state index in [-0.39, 0.29) is 17.7 Å². The molecule has 1 heterocycles. The molecule has 29 heavy (non-hydrogen) atoms. The maximum atomic E-state index is 13.7. The summed E-state index contributed by atoms with van der Waals surface area (Å²) in [6, 6.07) is 23.5. The third kappa shape index (κ3) is 1.94. The second kappa shape index (κ2) is 5.58. The highest BCUT2D eigenvalue weighted by Gasteiger charge is 2.67. The molecule has 0 radical (unpaired) electrons. The van der Waals surface area contributed by atoms with E-state index in [1.807, 2.05) is 67.6 Å². The normalized spacial score (nSPS) is 28.9. The number of alkyl halides is 1. The second-order valence-corrected chi connectivity index (χ2v) is 8.81. The van der Waals surface area contributed by atoms with Crippen LogP contribution in [0.15, 0.2) is 72.8 Å². The monoisotopic (exact) mass is 399 g/mol. The summed E-state index contributed by atoms with van der Waals surface area (Å²) in [5, 5.41) is 0. The minimum Gasteiger partial charge on any atom is -0.274 e. The minimum atomic E-state index is -1.03. The van der Waals surface area contributed by atoms with Crippen molar-refractivity contribution in [3.05, 3.63) is 101 Å². The van der Waals surface area contributed by atoms with Gasteiger partial charge in [0.1, 0.15) is 4.87 Å². The standard InChI is InChI=1S/C25H18ClNO2/c1-14-7-6-8-15(13-14)27-23(28)21-20-16-9-2-4-11-18(16)25(26,22(21)24(27)29)19-12-5-3-10-17(19)20/h2-13,20-22H,1H3/t20?,21-,22-,25?/m0/s1. The molecule has 0 spiro atoms. The fraction of sp³-hybridized carbons (Fsp3) is 0.200. The Morgan fingerprint density at radius 2 is 1.45 bits per heavy atom. The van der Waals surface area contributed by atoms with Gasteiger partial charge >= 0.3 is 0 Å². The zero-order valence-corrected chi connectivity index (χ0v) is 16.6. The zero-order valence-electron chi connectivity index (χ0n) is 15.8. The summed E-state index contributed by atoms with van der Waals surface area (Å²) < 4.78 is 0. The third-order valence-electron chi connectivity index (χ3n) is 6.77. The lowest BCUT2D eigenvalue weighted by Gasteiger charge is -2.50. The quantitative estimate of drug-likeness (QED) is 0.437. The summed E-state index contributed by atoms with van der Waals surface area (Å²) >= 11 is 7.40. The number of benzene rings is 3. The van der Waals surface area contributed by atoms with Crippen LogP contribution in [-0.2, 0) is 14.5 Å². The van der Waals surface area contributed by atoms with Gasteiger partial charge in [0.15, 0.2) is 0 Å². The smallest absolute Gasteiger partial charge is 0.240 e. The Balaban J connectivity index is 1.63. The summed E-state index contributed by atoms with van der Waals surface area (Å²) in [6.07, 6.45) is 0. The Morgan fingerprint density at radius 3 is 2.07 bits per heavy atom. The zero-order chi connectivity index (χ0) is 19.9. The van der Waals surface area contributed by atoms with Crippen LogP contribution < -0.4 is 4.90 Å². The largest absolute Gasteiger partial charge is 0.274 e. The van der Waals surface area contributed by atoms with Gasteiger partial charge in [-0.25, -0.2) is 4.90 Å². The van der Waals surface area contributed by atoms with E-state index in [1.54, 1.807) is 0 Å². The second-order valence-electron chi connectivity index (χ2n) is 8.22. The van der Waals surface area contributed by atoms with E-state index in [0.717, 1.165) is 27.8 Å². The first-order chi connectivity index (χ1) is 14.0. The Labute approximate surface area is 173 Å². The predicted octanol–water partition coefficient (Wildman–Crippen LogP) is 4.74. The summed E-state index contributed by atoms with van der Waals surface area (Å²) in [4.78, 5) is 27.7. The molecular formula is C25H18ClNO2. The molecule has 1 aliphatic heterocycles. The van der Waals surface area contributed by atoms with Crippen molar-refractivity contribution in [2.75, 3.05) is 4.90 Å². The van der Waals surface area contributed by atoms with Crippen LogP contribution in [0.2, 0.25) is 0 Å². The number of aryl methyl sites for hydroxylation is 1. The maximum absolute atomic E-state index is 13.7. The first kappa shape index (κ1) is 17.0. The predicted molar refractivity (Wildman–Crippen MR) is 112 cm³/mol. The summed E-state index contributed by atoms with van der Waals surface area (Å²) in [5.74, 6) is -1.59. The van der Waals surface area contributed by atoms with Crippen molar-refractivity contribution in [3.8, 4) is 0 Å². The Kier molecular flexibility index (Phi) is 3.27. The van der Waals surface area contributed by atoms with E-state index in [9.17, 15) is 9.59 Å². The van der Waals surface area contributed by atoms with E-state index in [1.165, 1.54) is 4.90 Å². The van der Waals surface area contributed by atoms with E-state index in [2.05, 4.69) is 12.1 Å². The number of imide groups is 1. The van der Waals surface area contributed by atoms with Crippen LogP contribution >= 0.6 is 11.6 Å². The van der Waals surface area contributed by atoms with Crippen molar-refractivity contribution in [2.24, 2.45) is 11.8 Å². The number of halogens is 1. The van der Waals surface area contributed by atoms with Crippen LogP contribution in [0.1, 0.15) is 33.7 Å². The number of nitrogens with zero attached hydrogens (tertiary/aromatic N) is 1. The molecule has 3 aromatic rings. The molecule has 2 bridgehead atoms. The van der Waals surface area contributed by atoms with Gasteiger partial charge in [0.25, 0.3) is 0 Å². The highest BCUT2D eigenvalue weighted by molar-refractivity contribution is 6.33. The average Bonchev–Trinajstić information content (AvgIpc) is 3.00. The van der Waals surface area contributed by atoms with Gasteiger partial charge in [0.2, 0.25) is 11.8 Å². The van der Waals surface area contributed by atoms with Gasteiger partial charge in [-0.3, -0.25) is 9.59 Å². The van der Waals surface area contributed by atoms with Gasteiger partial charge in [-0.2, -0.15) is 0 Å². The topological polar surface area (TPSA) is 37.4 Å². The van der Waals surface area contributed by atoms with Crippen molar-refractivity contribution in [3.63, 3.8) is 0 Å². The van der Waals surface area contributed by atoms with Crippen LogP contribution in [0, 0.1) is 18.8 Å². The number of carbonyl (C=O) groups excluding carboxylic acids is 2. The molecule has 0 aromatic heterocycles. The van der Waals surface area contributed by atoms with Crippen molar-refractivity contribution >= 4 is 29.1 Å². The lowest BCUT2D eigenvalue weighted by molar-refractivity contribution is -0.122. The Morgan fingerprint density at radius 1 is 0.828 bits per heavy atom. The summed E-state index contributed by atoms with van der Waals surface area (Å²) in [5.41, 5.74) is 5.68. The van der Waals surface area contributed by atoms with Crippen LogP contribution in [0.4, 0.5) is 5.69 Å². The summed E-state index contributed by atoms with van der Waals surface area (Å²) in [7, 11) is 0. The van der Waals surface area contributed by atoms with E-state index in [4.69, 9.17) is 11.6 Å². The van der Waals surface area contributed by atoms with E-state index < -0.39 is 16.7 Å². The van der Waals surface area contributed by atoms with Crippen LogP contribution in [0.3, 0.4) is 0 Å². The minimum absolute atomic E-state index is 0.148. The van der Waals surface area contributed by atoms with Gasteiger partial charge in [-0.15, -0.1) is 11.6 Å². The van der Waals surface area contributed by atoms with Gasteiger partial charge in [0.05, 0.1) is 17.5 Å². The van der Waals surface area contributed by atoms with Gasteiger partial charge in [-0.1, -0.05) is 60.7 Å². The van der Waals surface area contributed by atoms with Crippen molar-refractivity contribution in [1.82, 2.24) is 0 Å². The van der Waals surface area contributed by atoms with Gasteiger partial charge in [-0.05, 0) is 46.9 Å². The molecule has 0 unspecified atom stereocenters. The number of carbonyl (C=O) groups is 2. The van der Waals surface area contributed by atoms with Gasteiger partial charge < -0.3 is 0 Å². The molecule has 1 saturated heterocycles. The maximum Gasteiger partial charge on any atom is 0.240 e. The van der Waals surface area contributed by atoms with Crippen molar-refractivity contribution in [1.29, 1.82) is 0 Å². The number of hydrogen-bond donors (Lipinski definition) is 0. The van der Waals surface area contributed by atoms with Gasteiger partial charge in [0, 0.05) is 5.92 Å². The average molecular weight is 400 g/mol. The lowest BCUT2D eigenvalue weighted by atomic mass is 9.54. The molecule has 0 N–H and O–H groups in total. The highest BCUT2D eigenvalue weighted by atomic mass is 35.5.